The molecule has 5 nitrogen and oxygen atoms in total. The molecule has 0 radical (unpaired) electrons. The van der Waals surface area contributed by atoms with Crippen LogP contribution in [0.25, 0.3) is 22.3 Å². The SMILES string of the molecule is CON=Cc1ccnc2cc(-c3ccc(OC)cc3C)[nH]c12. The Bertz CT molecular complexity index is 837. The number of H-pyrrole nitrogens is 1. The van der Waals surface area contributed by atoms with Gasteiger partial charge in [0.15, 0.2) is 0 Å². The third-order valence-electron chi connectivity index (χ3n) is 3.57. The van der Waals surface area contributed by atoms with Crippen LogP contribution in [0.15, 0.2) is 41.7 Å². The number of pyridine rings is 1. The van der Waals surface area contributed by atoms with Gasteiger partial charge in [-0.25, -0.2) is 0 Å². The Morgan fingerprint density at radius 3 is 2.77 bits per heavy atom. The number of ether oxygens (including phenoxy) is 1. The van der Waals surface area contributed by atoms with Gasteiger partial charge in [-0.1, -0.05) is 5.16 Å². The van der Waals surface area contributed by atoms with Crippen molar-refractivity contribution >= 4 is 17.2 Å². The zero-order valence-electron chi connectivity index (χ0n) is 12.8. The van der Waals surface area contributed by atoms with Crippen molar-refractivity contribution in [2.75, 3.05) is 14.2 Å². The summed E-state index contributed by atoms with van der Waals surface area (Å²) in [5.41, 5.74) is 6.04. The highest BCUT2D eigenvalue weighted by Gasteiger charge is 2.09. The van der Waals surface area contributed by atoms with Crippen molar-refractivity contribution in [1.29, 1.82) is 0 Å². The molecule has 3 rings (SSSR count). The van der Waals surface area contributed by atoms with Crippen molar-refractivity contribution in [3.8, 4) is 17.0 Å². The predicted octanol–water partition coefficient (Wildman–Crippen LogP) is 3.53. The van der Waals surface area contributed by atoms with E-state index in [0.717, 1.165) is 39.2 Å². The largest absolute Gasteiger partial charge is 0.497 e. The first kappa shape index (κ1) is 14.1. The Morgan fingerprint density at radius 2 is 2.05 bits per heavy atom. The summed E-state index contributed by atoms with van der Waals surface area (Å²) in [7, 11) is 3.19. The first-order valence-corrected chi connectivity index (χ1v) is 6.92. The second-order valence-corrected chi connectivity index (χ2v) is 4.94. The maximum Gasteiger partial charge on any atom is 0.119 e. The summed E-state index contributed by atoms with van der Waals surface area (Å²) in [6.07, 6.45) is 3.43. The average Bonchev–Trinajstić information content (AvgIpc) is 2.96. The van der Waals surface area contributed by atoms with Gasteiger partial charge in [0.25, 0.3) is 0 Å². The number of nitrogens with zero attached hydrogens (tertiary/aromatic N) is 2. The van der Waals surface area contributed by atoms with Crippen molar-refractivity contribution in [1.82, 2.24) is 9.97 Å². The number of benzene rings is 1. The third-order valence-corrected chi connectivity index (χ3v) is 3.57. The lowest BCUT2D eigenvalue weighted by Gasteiger charge is -2.06. The number of aromatic nitrogens is 2. The van der Waals surface area contributed by atoms with Crippen LogP contribution < -0.4 is 4.74 Å². The molecule has 0 aliphatic rings. The number of aryl methyl sites for hydroxylation is 1. The van der Waals surface area contributed by atoms with Crippen molar-refractivity contribution in [2.24, 2.45) is 5.16 Å². The summed E-state index contributed by atoms with van der Waals surface area (Å²) in [5.74, 6) is 0.850. The van der Waals surface area contributed by atoms with Crippen LogP contribution in [0.5, 0.6) is 5.75 Å². The monoisotopic (exact) mass is 295 g/mol. The lowest BCUT2D eigenvalue weighted by Crippen LogP contribution is -1.88. The number of oxime groups is 1. The molecule has 5 heteroatoms. The topological polar surface area (TPSA) is 59.5 Å². The van der Waals surface area contributed by atoms with Crippen LogP contribution in [-0.4, -0.2) is 30.4 Å². The van der Waals surface area contributed by atoms with Gasteiger partial charge in [-0.15, -0.1) is 0 Å². The molecule has 112 valence electrons. The Kier molecular flexibility index (Phi) is 3.78. The van der Waals surface area contributed by atoms with Crippen LogP contribution in [-0.2, 0) is 4.84 Å². The van der Waals surface area contributed by atoms with Crippen LogP contribution in [0.4, 0.5) is 0 Å². The molecular formula is C17H17N3O2. The van der Waals surface area contributed by atoms with Gasteiger partial charge in [0, 0.05) is 23.0 Å². The predicted molar refractivity (Wildman–Crippen MR) is 87.4 cm³/mol. The second-order valence-electron chi connectivity index (χ2n) is 4.94. The summed E-state index contributed by atoms with van der Waals surface area (Å²) in [6, 6.07) is 9.94. The minimum absolute atomic E-state index is 0.850. The van der Waals surface area contributed by atoms with E-state index in [-0.39, 0.29) is 0 Å². The van der Waals surface area contributed by atoms with Gasteiger partial charge in [-0.2, -0.15) is 0 Å². The molecule has 3 aromatic rings. The number of nitrogens with one attached hydrogen (secondary N) is 1. The molecule has 0 atom stereocenters. The van der Waals surface area contributed by atoms with Crippen LogP contribution >= 0.6 is 0 Å². The van der Waals surface area contributed by atoms with E-state index in [0.29, 0.717) is 0 Å². The smallest absolute Gasteiger partial charge is 0.119 e. The van der Waals surface area contributed by atoms with E-state index in [1.54, 1.807) is 19.5 Å². The Hall–Kier alpha value is -2.82. The Labute approximate surface area is 128 Å². The first-order valence-electron chi connectivity index (χ1n) is 6.92. The highest BCUT2D eigenvalue weighted by molar-refractivity contribution is 5.98. The zero-order valence-corrected chi connectivity index (χ0v) is 12.8. The number of methoxy groups -OCH3 is 1. The van der Waals surface area contributed by atoms with E-state index < -0.39 is 0 Å². The Morgan fingerprint density at radius 1 is 1.18 bits per heavy atom. The average molecular weight is 295 g/mol. The van der Waals surface area contributed by atoms with E-state index >= 15 is 0 Å². The van der Waals surface area contributed by atoms with Gasteiger partial charge in [0.1, 0.15) is 12.9 Å². The minimum atomic E-state index is 0.850. The van der Waals surface area contributed by atoms with Crippen molar-refractivity contribution in [3.05, 3.63) is 47.7 Å². The maximum absolute atomic E-state index is 5.25. The quantitative estimate of drug-likeness (QED) is 0.591. The molecule has 2 aromatic heterocycles. The summed E-state index contributed by atoms with van der Waals surface area (Å²) in [6.45, 7) is 2.06. The fourth-order valence-electron chi connectivity index (χ4n) is 2.47. The highest BCUT2D eigenvalue weighted by atomic mass is 16.6. The molecule has 0 aliphatic carbocycles. The van der Waals surface area contributed by atoms with Crippen molar-refractivity contribution in [3.63, 3.8) is 0 Å². The molecule has 0 amide bonds. The zero-order chi connectivity index (χ0) is 15.5. The maximum atomic E-state index is 5.25. The van der Waals surface area contributed by atoms with Crippen LogP contribution in [0.1, 0.15) is 11.1 Å². The summed E-state index contributed by atoms with van der Waals surface area (Å²) in [5, 5.41) is 3.83. The lowest BCUT2D eigenvalue weighted by atomic mass is 10.1. The number of hydrogen-bond acceptors (Lipinski definition) is 4. The molecular weight excluding hydrogens is 278 g/mol. The van der Waals surface area contributed by atoms with Crippen LogP contribution in [0.2, 0.25) is 0 Å². The van der Waals surface area contributed by atoms with Crippen molar-refractivity contribution in [2.45, 2.75) is 6.92 Å². The third kappa shape index (κ3) is 2.53. The van der Waals surface area contributed by atoms with E-state index in [9.17, 15) is 0 Å². The van der Waals surface area contributed by atoms with Gasteiger partial charge in [0.2, 0.25) is 0 Å². The fraction of sp³-hybridized carbons (Fsp3) is 0.176. The summed E-state index contributed by atoms with van der Waals surface area (Å²) >= 11 is 0. The molecule has 22 heavy (non-hydrogen) atoms. The molecule has 0 saturated carbocycles. The minimum Gasteiger partial charge on any atom is -0.497 e. The normalized spacial score (nSPS) is 11.2. The van der Waals surface area contributed by atoms with E-state index in [4.69, 9.17) is 9.57 Å². The Balaban J connectivity index is 2.11. The van der Waals surface area contributed by atoms with Crippen molar-refractivity contribution < 1.29 is 9.57 Å². The van der Waals surface area contributed by atoms with E-state index in [1.807, 2.05) is 30.3 Å². The molecule has 0 spiro atoms. The second kappa shape index (κ2) is 5.89. The van der Waals surface area contributed by atoms with Crippen LogP contribution in [0, 0.1) is 6.92 Å². The molecule has 2 heterocycles. The number of hydrogen-bond donors (Lipinski definition) is 1. The van der Waals surface area contributed by atoms with Crippen LogP contribution in [0.3, 0.4) is 0 Å². The molecule has 0 unspecified atom stereocenters. The highest BCUT2D eigenvalue weighted by Crippen LogP contribution is 2.29. The lowest BCUT2D eigenvalue weighted by molar-refractivity contribution is 0.215. The van der Waals surface area contributed by atoms with Gasteiger partial charge < -0.3 is 14.6 Å². The molecule has 1 N–H and O–H groups in total. The summed E-state index contributed by atoms with van der Waals surface area (Å²) < 4.78 is 5.25. The van der Waals surface area contributed by atoms with Gasteiger partial charge in [-0.05, 0) is 42.8 Å². The molecule has 1 aromatic carbocycles. The standard InChI is InChI=1S/C17H17N3O2/c1-11-8-13(21-2)4-5-14(11)15-9-16-17(20-15)12(6-7-18-16)10-19-22-3/h4-10,20H,1-3H3. The molecule has 0 fully saturated rings. The summed E-state index contributed by atoms with van der Waals surface area (Å²) in [4.78, 5) is 12.6. The number of fused-ring (bicyclic) bond motifs is 1. The van der Waals surface area contributed by atoms with E-state index in [2.05, 4.69) is 22.0 Å². The van der Waals surface area contributed by atoms with Gasteiger partial charge in [-0.3, -0.25) is 4.98 Å². The number of rotatable bonds is 4. The molecule has 0 saturated heterocycles. The molecule has 0 aliphatic heterocycles. The first-order chi connectivity index (χ1) is 10.7. The fourth-order valence-corrected chi connectivity index (χ4v) is 2.47. The molecule has 0 bridgehead atoms. The number of aromatic amines is 1. The van der Waals surface area contributed by atoms with Gasteiger partial charge in [0.05, 0.1) is 24.4 Å². The van der Waals surface area contributed by atoms with E-state index in [1.165, 1.54) is 7.11 Å². The van der Waals surface area contributed by atoms with Gasteiger partial charge >= 0.3 is 0 Å².